The summed E-state index contributed by atoms with van der Waals surface area (Å²) < 4.78 is 15.0. The van der Waals surface area contributed by atoms with Crippen LogP contribution in [0, 0.1) is 19.7 Å². The molecule has 0 radical (unpaired) electrons. The summed E-state index contributed by atoms with van der Waals surface area (Å²) in [4.78, 5) is 20.4. The maximum Gasteiger partial charge on any atom is 0.253 e. The molecule has 0 spiro atoms. The van der Waals surface area contributed by atoms with Crippen molar-refractivity contribution in [3.63, 3.8) is 0 Å². The number of carbonyl (C=O) groups excluding carboxylic acids is 1. The van der Waals surface area contributed by atoms with Crippen molar-refractivity contribution >= 4 is 29.7 Å². The van der Waals surface area contributed by atoms with Crippen LogP contribution in [-0.2, 0) is 4.79 Å². The molecule has 1 amide bonds. The molecule has 9 heteroatoms. The predicted octanol–water partition coefficient (Wildman–Crippen LogP) is 2.12. The molecule has 2 aromatic heterocycles. The van der Waals surface area contributed by atoms with Crippen molar-refractivity contribution in [3.8, 4) is 0 Å². The third-order valence-electron chi connectivity index (χ3n) is 3.23. The van der Waals surface area contributed by atoms with Crippen LogP contribution in [0.15, 0.2) is 40.6 Å². The van der Waals surface area contributed by atoms with Gasteiger partial charge in [0.2, 0.25) is 5.16 Å². The van der Waals surface area contributed by atoms with Crippen molar-refractivity contribution in [2.24, 2.45) is 5.10 Å². The normalized spacial score (nSPS) is 11.3. The van der Waals surface area contributed by atoms with Crippen LogP contribution in [0.25, 0.3) is 5.78 Å². The number of amides is 1. The smallest absolute Gasteiger partial charge is 0.253 e. The molecule has 128 valence electrons. The fourth-order valence-corrected chi connectivity index (χ4v) is 2.74. The summed E-state index contributed by atoms with van der Waals surface area (Å²) >= 11 is 1.18. The van der Waals surface area contributed by atoms with Gasteiger partial charge in [0.05, 0.1) is 12.0 Å². The van der Waals surface area contributed by atoms with Crippen LogP contribution in [-0.4, -0.2) is 37.5 Å². The van der Waals surface area contributed by atoms with Crippen molar-refractivity contribution in [3.05, 3.63) is 53.1 Å². The zero-order chi connectivity index (χ0) is 17.8. The topological polar surface area (TPSA) is 84.5 Å². The highest BCUT2D eigenvalue weighted by Crippen LogP contribution is 2.15. The summed E-state index contributed by atoms with van der Waals surface area (Å²) in [7, 11) is 0. The molecule has 25 heavy (non-hydrogen) atoms. The van der Waals surface area contributed by atoms with E-state index in [-0.39, 0.29) is 11.7 Å². The van der Waals surface area contributed by atoms with Crippen LogP contribution in [0.3, 0.4) is 0 Å². The van der Waals surface area contributed by atoms with Crippen molar-refractivity contribution in [1.82, 2.24) is 25.0 Å². The van der Waals surface area contributed by atoms with Gasteiger partial charge in [0.25, 0.3) is 11.7 Å². The number of halogens is 1. The predicted molar refractivity (Wildman–Crippen MR) is 93.1 cm³/mol. The lowest BCUT2D eigenvalue weighted by Crippen LogP contribution is -2.19. The van der Waals surface area contributed by atoms with E-state index in [9.17, 15) is 9.18 Å². The number of nitrogens with zero attached hydrogens (tertiary/aromatic N) is 5. The number of carbonyl (C=O) groups is 1. The number of hydrogen-bond donors (Lipinski definition) is 1. The van der Waals surface area contributed by atoms with E-state index >= 15 is 0 Å². The number of hydrazone groups is 1. The van der Waals surface area contributed by atoms with Crippen molar-refractivity contribution in [2.75, 3.05) is 5.75 Å². The second-order valence-electron chi connectivity index (χ2n) is 5.25. The molecule has 3 rings (SSSR count). The van der Waals surface area contributed by atoms with Crippen LogP contribution in [0.1, 0.15) is 17.0 Å². The molecule has 0 bridgehead atoms. The monoisotopic (exact) mass is 358 g/mol. The van der Waals surface area contributed by atoms with Gasteiger partial charge in [0.1, 0.15) is 5.82 Å². The van der Waals surface area contributed by atoms with Gasteiger partial charge in [-0.1, -0.05) is 30.0 Å². The SMILES string of the molecule is Cc1cc(C)n2nc(SCC(=O)N/N=C\c3ccccc3F)nc2n1. The fourth-order valence-electron chi connectivity index (χ4n) is 2.13. The highest BCUT2D eigenvalue weighted by Gasteiger charge is 2.10. The lowest BCUT2D eigenvalue weighted by molar-refractivity contribution is -0.118. The quantitative estimate of drug-likeness (QED) is 0.429. The fraction of sp³-hybridized carbons (Fsp3) is 0.188. The number of aromatic nitrogens is 4. The summed E-state index contributed by atoms with van der Waals surface area (Å²) in [6.07, 6.45) is 1.26. The van der Waals surface area contributed by atoms with Gasteiger partial charge in [0.15, 0.2) is 0 Å². The number of nitrogens with one attached hydrogen (secondary N) is 1. The Labute approximate surface area is 147 Å². The number of thioether (sulfide) groups is 1. The van der Waals surface area contributed by atoms with E-state index in [4.69, 9.17) is 0 Å². The minimum Gasteiger partial charge on any atom is -0.272 e. The molecule has 0 saturated heterocycles. The highest BCUT2D eigenvalue weighted by molar-refractivity contribution is 7.99. The average Bonchev–Trinajstić information content (AvgIpc) is 2.98. The molecule has 0 aliphatic carbocycles. The second kappa shape index (κ2) is 7.39. The van der Waals surface area contributed by atoms with Gasteiger partial charge in [-0.05, 0) is 26.0 Å². The second-order valence-corrected chi connectivity index (χ2v) is 6.19. The Hall–Kier alpha value is -2.81. The third-order valence-corrected chi connectivity index (χ3v) is 4.07. The van der Waals surface area contributed by atoms with Gasteiger partial charge in [-0.25, -0.2) is 19.3 Å². The minimum atomic E-state index is -0.401. The molecule has 3 aromatic rings. The highest BCUT2D eigenvalue weighted by atomic mass is 32.2. The van der Waals surface area contributed by atoms with E-state index < -0.39 is 5.82 Å². The Balaban J connectivity index is 1.57. The zero-order valence-corrected chi connectivity index (χ0v) is 14.4. The van der Waals surface area contributed by atoms with Gasteiger partial charge in [-0.15, -0.1) is 5.10 Å². The third kappa shape index (κ3) is 4.18. The Kier molecular flexibility index (Phi) is 5.03. The molecule has 0 aliphatic rings. The maximum absolute atomic E-state index is 13.4. The molecular weight excluding hydrogens is 343 g/mol. The van der Waals surface area contributed by atoms with Gasteiger partial charge in [-0.2, -0.15) is 10.1 Å². The van der Waals surface area contributed by atoms with Gasteiger partial charge < -0.3 is 0 Å². The lowest BCUT2D eigenvalue weighted by Gasteiger charge is -1.98. The first-order valence-corrected chi connectivity index (χ1v) is 8.42. The largest absolute Gasteiger partial charge is 0.272 e. The number of rotatable bonds is 5. The Bertz CT molecular complexity index is 955. The van der Waals surface area contributed by atoms with Crippen LogP contribution in [0.5, 0.6) is 0 Å². The molecular formula is C16H15FN6OS. The zero-order valence-electron chi connectivity index (χ0n) is 13.6. The molecule has 0 unspecified atom stereocenters. The van der Waals surface area contributed by atoms with E-state index in [1.165, 1.54) is 24.0 Å². The first-order chi connectivity index (χ1) is 12.0. The summed E-state index contributed by atoms with van der Waals surface area (Å²) in [5, 5.41) is 8.50. The van der Waals surface area contributed by atoms with Crippen LogP contribution in [0.2, 0.25) is 0 Å². The first-order valence-electron chi connectivity index (χ1n) is 7.43. The van der Waals surface area contributed by atoms with Gasteiger partial charge in [0, 0.05) is 17.0 Å². The lowest BCUT2D eigenvalue weighted by atomic mass is 10.2. The van der Waals surface area contributed by atoms with E-state index in [1.54, 1.807) is 22.7 Å². The molecule has 0 atom stereocenters. The first kappa shape index (κ1) is 17.0. The molecule has 1 N–H and O–H groups in total. The van der Waals surface area contributed by atoms with E-state index in [0.717, 1.165) is 11.4 Å². The number of fused-ring (bicyclic) bond motifs is 1. The van der Waals surface area contributed by atoms with Crippen molar-refractivity contribution in [1.29, 1.82) is 0 Å². The molecule has 0 aliphatic heterocycles. The van der Waals surface area contributed by atoms with Crippen LogP contribution in [0.4, 0.5) is 4.39 Å². The number of hydrogen-bond acceptors (Lipinski definition) is 6. The maximum atomic E-state index is 13.4. The molecule has 0 fully saturated rings. The number of aryl methyl sites for hydroxylation is 2. The Morgan fingerprint density at radius 3 is 2.96 bits per heavy atom. The average molecular weight is 358 g/mol. The number of benzene rings is 1. The summed E-state index contributed by atoms with van der Waals surface area (Å²) in [5.74, 6) is -0.152. The van der Waals surface area contributed by atoms with Crippen LogP contribution < -0.4 is 5.43 Å². The van der Waals surface area contributed by atoms with E-state index in [0.29, 0.717) is 16.5 Å². The summed E-state index contributed by atoms with van der Waals surface area (Å²) in [6.45, 7) is 3.80. The molecule has 7 nitrogen and oxygen atoms in total. The minimum absolute atomic E-state index is 0.0868. The molecule has 0 saturated carbocycles. The molecule has 2 heterocycles. The summed E-state index contributed by atoms with van der Waals surface area (Å²) in [6, 6.07) is 8.07. The van der Waals surface area contributed by atoms with Gasteiger partial charge >= 0.3 is 0 Å². The molecule has 1 aromatic carbocycles. The standard InChI is InChI=1S/C16H15FN6OS/c1-10-7-11(2)23-15(19-10)20-16(22-23)25-9-14(24)21-18-8-12-5-3-4-6-13(12)17/h3-8H,9H2,1-2H3,(H,21,24)/b18-8-. The van der Waals surface area contributed by atoms with Crippen molar-refractivity contribution in [2.45, 2.75) is 19.0 Å². The van der Waals surface area contributed by atoms with E-state index in [2.05, 4.69) is 25.6 Å². The Morgan fingerprint density at radius 2 is 2.16 bits per heavy atom. The summed E-state index contributed by atoms with van der Waals surface area (Å²) in [5.41, 5.74) is 4.42. The van der Waals surface area contributed by atoms with Crippen molar-refractivity contribution < 1.29 is 9.18 Å². The Morgan fingerprint density at radius 1 is 1.36 bits per heavy atom. The van der Waals surface area contributed by atoms with Crippen LogP contribution >= 0.6 is 11.8 Å². The van der Waals surface area contributed by atoms with Gasteiger partial charge in [-0.3, -0.25) is 4.79 Å². The van der Waals surface area contributed by atoms with E-state index in [1.807, 2.05) is 19.9 Å².